The monoisotopic (exact) mass is 355 g/mol. The number of amides is 1. The van der Waals surface area contributed by atoms with Crippen LogP contribution in [0.15, 0.2) is 36.4 Å². The van der Waals surface area contributed by atoms with E-state index < -0.39 is 17.8 Å². The van der Waals surface area contributed by atoms with E-state index >= 15 is 0 Å². The summed E-state index contributed by atoms with van der Waals surface area (Å²) in [5.41, 5.74) is 1.03. The molecular formula is C20H23N2O4-. The number of carboxylic acid groups (broad SMARTS) is 1. The predicted molar refractivity (Wildman–Crippen MR) is 94.5 cm³/mol. The largest absolute Gasteiger partial charge is 0.550 e. The second kappa shape index (κ2) is 6.67. The van der Waals surface area contributed by atoms with Crippen LogP contribution in [0.5, 0.6) is 5.75 Å². The molecule has 2 fully saturated rings. The van der Waals surface area contributed by atoms with Gasteiger partial charge < -0.3 is 24.4 Å². The van der Waals surface area contributed by atoms with E-state index in [0.29, 0.717) is 26.2 Å². The molecular weight excluding hydrogens is 332 g/mol. The zero-order valence-electron chi connectivity index (χ0n) is 14.8. The van der Waals surface area contributed by atoms with Gasteiger partial charge in [-0.1, -0.05) is 24.3 Å². The molecule has 0 aromatic heterocycles. The smallest absolute Gasteiger partial charge is 0.227 e. The van der Waals surface area contributed by atoms with Crippen LogP contribution in [0, 0.1) is 23.7 Å². The molecule has 0 unspecified atom stereocenters. The molecule has 0 radical (unpaired) electrons. The molecule has 6 nitrogen and oxygen atoms in total. The van der Waals surface area contributed by atoms with Crippen molar-refractivity contribution >= 4 is 17.6 Å². The first-order valence-electron chi connectivity index (χ1n) is 9.16. The van der Waals surface area contributed by atoms with Crippen molar-refractivity contribution in [1.82, 2.24) is 4.90 Å². The summed E-state index contributed by atoms with van der Waals surface area (Å²) in [5.74, 6) is -1.44. The Bertz CT molecular complexity index is 739. The number of nitrogens with zero attached hydrogens (tertiary/aromatic N) is 2. The fraction of sp³-hybridized carbons (Fsp3) is 0.500. The second-order valence-corrected chi connectivity index (χ2v) is 7.30. The molecule has 1 saturated heterocycles. The van der Waals surface area contributed by atoms with Crippen LogP contribution in [0.1, 0.15) is 6.42 Å². The van der Waals surface area contributed by atoms with Gasteiger partial charge in [-0.3, -0.25) is 4.79 Å². The molecule has 0 N–H and O–H groups in total. The first-order valence-corrected chi connectivity index (χ1v) is 9.16. The molecule has 1 amide bonds. The molecule has 4 atom stereocenters. The van der Waals surface area contributed by atoms with Crippen molar-refractivity contribution < 1.29 is 19.4 Å². The Morgan fingerprint density at radius 3 is 2.35 bits per heavy atom. The fourth-order valence-electron chi connectivity index (χ4n) is 4.75. The maximum absolute atomic E-state index is 13.0. The van der Waals surface area contributed by atoms with Crippen LogP contribution in [0.3, 0.4) is 0 Å². The second-order valence-electron chi connectivity index (χ2n) is 7.30. The molecule has 6 heteroatoms. The van der Waals surface area contributed by atoms with Crippen molar-refractivity contribution in [3.63, 3.8) is 0 Å². The minimum Gasteiger partial charge on any atom is -0.550 e. The van der Waals surface area contributed by atoms with E-state index in [-0.39, 0.29) is 17.7 Å². The lowest BCUT2D eigenvalue weighted by Gasteiger charge is -2.39. The first-order chi connectivity index (χ1) is 12.6. The zero-order valence-corrected chi connectivity index (χ0v) is 14.8. The Balaban J connectivity index is 1.44. The fourth-order valence-corrected chi connectivity index (χ4v) is 4.75. The van der Waals surface area contributed by atoms with Crippen molar-refractivity contribution in [3.8, 4) is 5.75 Å². The lowest BCUT2D eigenvalue weighted by molar-refractivity contribution is -0.313. The number of para-hydroxylation sites is 2. The van der Waals surface area contributed by atoms with Crippen molar-refractivity contribution in [3.05, 3.63) is 36.4 Å². The quantitative estimate of drug-likeness (QED) is 0.737. The third kappa shape index (κ3) is 2.73. The predicted octanol–water partition coefficient (Wildman–Crippen LogP) is 0.532. The van der Waals surface area contributed by atoms with Gasteiger partial charge in [0.15, 0.2) is 0 Å². The Labute approximate surface area is 153 Å². The molecule has 1 saturated carbocycles. The molecule has 1 heterocycles. The van der Waals surface area contributed by atoms with Gasteiger partial charge in [0.1, 0.15) is 5.75 Å². The molecule has 4 rings (SSSR count). The molecule has 2 bridgehead atoms. The Hall–Kier alpha value is -2.50. The average Bonchev–Trinajstić information content (AvgIpc) is 3.29. The molecule has 1 aliphatic heterocycles. The summed E-state index contributed by atoms with van der Waals surface area (Å²) in [6.45, 7) is 2.60. The minimum atomic E-state index is -1.09. The molecule has 1 aromatic rings. The number of allylic oxidation sites excluding steroid dienone is 2. The number of carbonyl (C=O) groups is 2. The van der Waals surface area contributed by atoms with Crippen molar-refractivity contribution in [2.45, 2.75) is 6.42 Å². The highest BCUT2D eigenvalue weighted by molar-refractivity contribution is 5.86. The van der Waals surface area contributed by atoms with Crippen molar-refractivity contribution in [2.75, 3.05) is 38.2 Å². The van der Waals surface area contributed by atoms with Crippen LogP contribution in [0.25, 0.3) is 0 Å². The third-order valence-corrected chi connectivity index (χ3v) is 6.03. The number of fused-ring (bicyclic) bond motifs is 2. The first kappa shape index (κ1) is 16.9. The van der Waals surface area contributed by atoms with E-state index in [1.807, 2.05) is 41.3 Å². The summed E-state index contributed by atoms with van der Waals surface area (Å²) < 4.78 is 5.43. The van der Waals surface area contributed by atoms with Gasteiger partial charge in [-0.05, 0) is 30.4 Å². The molecule has 0 spiro atoms. The SMILES string of the molecule is COc1ccccc1N1CCN(C(=O)[C@@H]2[C@@H](C(=O)[O-])[C@@H]3C=C[C@@H]2C3)CC1. The molecule has 3 aliphatic rings. The Morgan fingerprint density at radius 2 is 1.69 bits per heavy atom. The number of methoxy groups -OCH3 is 1. The average molecular weight is 355 g/mol. The highest BCUT2D eigenvalue weighted by Crippen LogP contribution is 2.48. The van der Waals surface area contributed by atoms with E-state index in [1.54, 1.807) is 7.11 Å². The van der Waals surface area contributed by atoms with Gasteiger partial charge in [0, 0.05) is 38.1 Å². The number of benzene rings is 1. The lowest BCUT2D eigenvalue weighted by Crippen LogP contribution is -2.53. The number of hydrogen-bond donors (Lipinski definition) is 0. The van der Waals surface area contributed by atoms with Crippen LogP contribution in [0.2, 0.25) is 0 Å². The topological polar surface area (TPSA) is 72.9 Å². The van der Waals surface area contributed by atoms with Gasteiger partial charge in [0.2, 0.25) is 5.91 Å². The number of aliphatic carboxylic acids is 1. The van der Waals surface area contributed by atoms with Gasteiger partial charge in [-0.25, -0.2) is 0 Å². The number of rotatable bonds is 4. The van der Waals surface area contributed by atoms with Gasteiger partial charge in [0.25, 0.3) is 0 Å². The van der Waals surface area contributed by atoms with Gasteiger partial charge in [-0.2, -0.15) is 0 Å². The van der Waals surface area contributed by atoms with Gasteiger partial charge >= 0.3 is 0 Å². The summed E-state index contributed by atoms with van der Waals surface area (Å²) in [5, 5.41) is 11.6. The maximum atomic E-state index is 13.0. The van der Waals surface area contributed by atoms with Crippen LogP contribution < -0.4 is 14.7 Å². The number of piperazine rings is 1. The zero-order chi connectivity index (χ0) is 18.3. The summed E-state index contributed by atoms with van der Waals surface area (Å²) >= 11 is 0. The number of anilines is 1. The maximum Gasteiger partial charge on any atom is 0.227 e. The third-order valence-electron chi connectivity index (χ3n) is 6.03. The van der Waals surface area contributed by atoms with E-state index in [1.165, 1.54) is 0 Å². The summed E-state index contributed by atoms with van der Waals surface area (Å²) in [6, 6.07) is 7.86. The van der Waals surface area contributed by atoms with E-state index in [0.717, 1.165) is 17.9 Å². The Morgan fingerprint density at radius 1 is 1.04 bits per heavy atom. The minimum absolute atomic E-state index is 0.0317. The molecule has 1 aromatic carbocycles. The lowest BCUT2D eigenvalue weighted by atomic mass is 9.82. The van der Waals surface area contributed by atoms with E-state index in [4.69, 9.17) is 4.74 Å². The number of carboxylic acids is 1. The molecule has 26 heavy (non-hydrogen) atoms. The highest BCUT2D eigenvalue weighted by atomic mass is 16.5. The van der Waals surface area contributed by atoms with Crippen LogP contribution in [-0.4, -0.2) is 50.1 Å². The van der Waals surface area contributed by atoms with Crippen molar-refractivity contribution in [1.29, 1.82) is 0 Å². The standard InChI is InChI=1S/C20H24N2O4/c1-26-16-5-3-2-4-15(16)21-8-10-22(11-9-21)19(23)17-13-6-7-14(12-13)18(17)20(24)25/h2-7,13-14,17-18H,8-12H2,1H3,(H,24,25)/p-1/t13-,14-,17+,18+/m1/s1. The normalized spacial score (nSPS) is 29.9. The van der Waals surface area contributed by atoms with E-state index in [2.05, 4.69) is 4.90 Å². The van der Waals surface area contributed by atoms with Crippen LogP contribution in [-0.2, 0) is 9.59 Å². The van der Waals surface area contributed by atoms with Crippen molar-refractivity contribution in [2.24, 2.45) is 23.7 Å². The van der Waals surface area contributed by atoms with Crippen LogP contribution >= 0.6 is 0 Å². The van der Waals surface area contributed by atoms with Gasteiger partial charge in [0.05, 0.1) is 18.7 Å². The van der Waals surface area contributed by atoms with Crippen LogP contribution in [0.4, 0.5) is 5.69 Å². The number of carbonyl (C=O) groups excluding carboxylic acids is 2. The molecule has 138 valence electrons. The van der Waals surface area contributed by atoms with Gasteiger partial charge in [-0.15, -0.1) is 0 Å². The summed E-state index contributed by atoms with van der Waals surface area (Å²) in [4.78, 5) is 28.6. The summed E-state index contributed by atoms with van der Waals surface area (Å²) in [6.07, 6.45) is 4.71. The highest BCUT2D eigenvalue weighted by Gasteiger charge is 2.50. The number of ether oxygens (including phenoxy) is 1. The molecule has 2 aliphatic carbocycles. The summed E-state index contributed by atoms with van der Waals surface area (Å²) in [7, 11) is 1.65. The Kier molecular flexibility index (Phi) is 4.34. The van der Waals surface area contributed by atoms with E-state index in [9.17, 15) is 14.7 Å². The number of hydrogen-bond acceptors (Lipinski definition) is 5.